The van der Waals surface area contributed by atoms with E-state index in [1.54, 1.807) is 4.90 Å². The van der Waals surface area contributed by atoms with E-state index >= 15 is 0 Å². The van der Waals surface area contributed by atoms with E-state index in [1.165, 1.54) is 18.3 Å². The zero-order valence-electron chi connectivity index (χ0n) is 19.4. The molecule has 2 aliphatic rings. The number of aliphatic imine (C=N–C) groups is 1. The van der Waals surface area contributed by atoms with Crippen LogP contribution in [0.5, 0.6) is 0 Å². The highest BCUT2D eigenvalue weighted by atomic mass is 32.1. The van der Waals surface area contributed by atoms with Gasteiger partial charge in [0.2, 0.25) is 17.6 Å². The Kier molecular flexibility index (Phi) is 7.45. The number of nitrogens with two attached hydrogens (primary N) is 2. The third-order valence-electron chi connectivity index (χ3n) is 6.84. The number of benzene rings is 1. The van der Waals surface area contributed by atoms with Gasteiger partial charge in [-0.3, -0.25) is 19.4 Å². The fraction of sp³-hybridized carbons (Fsp3) is 0.542. The van der Waals surface area contributed by atoms with Crippen molar-refractivity contribution in [3.05, 3.63) is 29.3 Å². The van der Waals surface area contributed by atoms with Crippen LogP contribution in [0.2, 0.25) is 0 Å². The van der Waals surface area contributed by atoms with E-state index in [0.717, 1.165) is 35.9 Å². The highest BCUT2D eigenvalue weighted by Gasteiger charge is 2.46. The maximum absolute atomic E-state index is 13.4. The first-order valence-electron chi connectivity index (χ1n) is 11.9. The van der Waals surface area contributed by atoms with Crippen molar-refractivity contribution in [3.8, 4) is 0 Å². The number of aromatic nitrogens is 1. The van der Waals surface area contributed by atoms with Gasteiger partial charge in [0.25, 0.3) is 0 Å². The number of thiazole rings is 1. The first kappa shape index (κ1) is 24.1. The van der Waals surface area contributed by atoms with Crippen molar-refractivity contribution >= 4 is 45.1 Å². The van der Waals surface area contributed by atoms with E-state index in [4.69, 9.17) is 11.5 Å². The van der Waals surface area contributed by atoms with Crippen LogP contribution >= 0.6 is 11.3 Å². The molecule has 4 atom stereocenters. The lowest BCUT2D eigenvalue weighted by molar-refractivity contribution is -0.139. The number of nitrogens with one attached hydrogen (secondary N) is 1. The average Bonchev–Trinajstić information content (AvgIpc) is 3.42. The van der Waals surface area contributed by atoms with Gasteiger partial charge in [-0.25, -0.2) is 4.98 Å². The summed E-state index contributed by atoms with van der Waals surface area (Å²) in [7, 11) is 0. The molecule has 9 nitrogen and oxygen atoms in total. The van der Waals surface area contributed by atoms with Gasteiger partial charge in [0.15, 0.2) is 11.0 Å². The Hall–Kier alpha value is -3.01. The largest absolute Gasteiger partial charge is 0.370 e. The summed E-state index contributed by atoms with van der Waals surface area (Å²) in [5.74, 6) is -0.260. The molecule has 1 aliphatic carbocycles. The van der Waals surface area contributed by atoms with Crippen molar-refractivity contribution in [3.63, 3.8) is 0 Å². The van der Waals surface area contributed by atoms with Crippen molar-refractivity contribution in [2.24, 2.45) is 22.4 Å². The number of likely N-dealkylation sites (tertiary alicyclic amines) is 1. The molecule has 0 radical (unpaired) electrons. The monoisotopic (exact) mass is 484 g/mol. The topological polar surface area (TPSA) is 144 Å². The van der Waals surface area contributed by atoms with Gasteiger partial charge in [-0.15, -0.1) is 11.3 Å². The van der Waals surface area contributed by atoms with Crippen LogP contribution in [0.15, 0.2) is 29.3 Å². The highest BCUT2D eigenvalue weighted by Crippen LogP contribution is 2.40. The van der Waals surface area contributed by atoms with E-state index < -0.39 is 12.1 Å². The number of rotatable bonds is 8. The minimum atomic E-state index is -0.765. The molecule has 1 aliphatic heterocycles. The van der Waals surface area contributed by atoms with Gasteiger partial charge in [0.05, 0.1) is 16.3 Å². The number of Topliss-reactive ketones (excluding diaryl/α,β-unsaturated/α-hetero) is 1. The standard InChI is InChI=1S/C24H32N6O3S/c1-14(31)30-18-10-4-2-7-15(18)13-19(30)22(33)28-17(9-6-12-27-24(25)26)21(32)23-29-16-8-3-5-11-20(16)34-23/h3,5,8,11,15,17-19H,2,4,6-7,9-10,12-13H2,1H3,(H,28,33)(H4,25,26,27)/t15?,17?,18?,19-/m0/s1. The molecule has 182 valence electrons. The normalized spacial score (nSPS) is 22.7. The molecule has 4 rings (SSSR count). The molecule has 10 heteroatoms. The Morgan fingerprint density at radius 2 is 2.00 bits per heavy atom. The molecule has 1 aromatic carbocycles. The highest BCUT2D eigenvalue weighted by molar-refractivity contribution is 7.20. The lowest BCUT2D eigenvalue weighted by Crippen LogP contribution is -2.52. The van der Waals surface area contributed by atoms with E-state index in [1.807, 2.05) is 24.3 Å². The number of fused-ring (bicyclic) bond motifs is 2. The SMILES string of the molecule is CC(=O)N1C2CCCCC2C[C@H]1C(=O)NC(CCCN=C(N)N)C(=O)c1nc2ccccc2s1. The zero-order chi connectivity index (χ0) is 24.2. The third kappa shape index (κ3) is 5.22. The van der Waals surface area contributed by atoms with Crippen LogP contribution < -0.4 is 16.8 Å². The van der Waals surface area contributed by atoms with Crippen LogP contribution in [-0.4, -0.2) is 58.1 Å². The van der Waals surface area contributed by atoms with E-state index in [2.05, 4.69) is 15.3 Å². The van der Waals surface area contributed by atoms with Crippen LogP contribution in [-0.2, 0) is 9.59 Å². The second-order valence-electron chi connectivity index (χ2n) is 9.15. The summed E-state index contributed by atoms with van der Waals surface area (Å²) in [5.41, 5.74) is 11.6. The predicted molar refractivity (Wildman–Crippen MR) is 132 cm³/mol. The molecule has 1 saturated carbocycles. The number of ketones is 1. The molecule has 0 spiro atoms. The number of carbonyl (C=O) groups excluding carboxylic acids is 3. The van der Waals surface area contributed by atoms with Crippen LogP contribution in [0.3, 0.4) is 0 Å². The van der Waals surface area contributed by atoms with Crippen molar-refractivity contribution in [2.45, 2.75) is 70.0 Å². The van der Waals surface area contributed by atoms with Crippen LogP contribution in [0, 0.1) is 5.92 Å². The van der Waals surface area contributed by atoms with Crippen molar-refractivity contribution in [2.75, 3.05) is 6.54 Å². The van der Waals surface area contributed by atoms with Crippen molar-refractivity contribution < 1.29 is 14.4 Å². The molecule has 2 amide bonds. The fourth-order valence-corrected chi connectivity index (χ4v) is 6.27. The molecule has 2 heterocycles. The minimum Gasteiger partial charge on any atom is -0.370 e. The van der Waals surface area contributed by atoms with Gasteiger partial charge < -0.3 is 21.7 Å². The number of para-hydroxylation sites is 1. The van der Waals surface area contributed by atoms with Gasteiger partial charge >= 0.3 is 0 Å². The van der Waals surface area contributed by atoms with Gasteiger partial charge in [0.1, 0.15) is 6.04 Å². The Balaban J connectivity index is 1.53. The maximum Gasteiger partial charge on any atom is 0.243 e. The Labute approximate surface area is 203 Å². The Morgan fingerprint density at radius 3 is 2.74 bits per heavy atom. The van der Waals surface area contributed by atoms with Gasteiger partial charge in [-0.05, 0) is 50.2 Å². The van der Waals surface area contributed by atoms with Crippen molar-refractivity contribution in [1.82, 2.24) is 15.2 Å². The quantitative estimate of drug-likeness (QED) is 0.227. The molecular formula is C24H32N6O3S. The molecule has 3 unspecified atom stereocenters. The molecule has 2 aromatic rings. The number of amides is 2. The number of carbonyl (C=O) groups is 3. The lowest BCUT2D eigenvalue weighted by atomic mass is 9.84. The number of hydrogen-bond donors (Lipinski definition) is 3. The van der Waals surface area contributed by atoms with E-state index in [9.17, 15) is 14.4 Å². The van der Waals surface area contributed by atoms with Crippen LogP contribution in [0.25, 0.3) is 10.2 Å². The third-order valence-corrected chi connectivity index (χ3v) is 7.89. The van der Waals surface area contributed by atoms with Crippen LogP contribution in [0.4, 0.5) is 0 Å². The average molecular weight is 485 g/mol. The van der Waals surface area contributed by atoms with Gasteiger partial charge in [-0.1, -0.05) is 25.0 Å². The van der Waals surface area contributed by atoms with E-state index in [-0.39, 0.29) is 29.6 Å². The summed E-state index contributed by atoms with van der Waals surface area (Å²) in [6, 6.07) is 6.36. The summed E-state index contributed by atoms with van der Waals surface area (Å²) in [5, 5.41) is 3.32. The van der Waals surface area contributed by atoms with Crippen molar-refractivity contribution in [1.29, 1.82) is 0 Å². The number of nitrogens with zero attached hydrogens (tertiary/aromatic N) is 3. The molecule has 1 saturated heterocycles. The molecular weight excluding hydrogens is 452 g/mol. The Bertz CT molecular complexity index is 1060. The van der Waals surface area contributed by atoms with Gasteiger partial charge in [0, 0.05) is 19.5 Å². The first-order chi connectivity index (χ1) is 16.3. The predicted octanol–water partition coefficient (Wildman–Crippen LogP) is 2.20. The maximum atomic E-state index is 13.4. The lowest BCUT2D eigenvalue weighted by Gasteiger charge is -2.33. The summed E-state index contributed by atoms with van der Waals surface area (Å²) in [6.45, 7) is 1.88. The molecule has 34 heavy (non-hydrogen) atoms. The van der Waals surface area contributed by atoms with Gasteiger partial charge in [-0.2, -0.15) is 0 Å². The first-order valence-corrected chi connectivity index (χ1v) is 12.7. The summed E-state index contributed by atoms with van der Waals surface area (Å²) in [6.07, 6.45) is 5.70. The summed E-state index contributed by atoms with van der Waals surface area (Å²) < 4.78 is 0.916. The smallest absolute Gasteiger partial charge is 0.243 e. The molecule has 1 aromatic heterocycles. The second-order valence-corrected chi connectivity index (χ2v) is 10.2. The minimum absolute atomic E-state index is 0.0104. The zero-order valence-corrected chi connectivity index (χ0v) is 20.2. The molecule has 0 bridgehead atoms. The number of hydrogen-bond acceptors (Lipinski definition) is 6. The second kappa shape index (κ2) is 10.5. The van der Waals surface area contributed by atoms with Crippen LogP contribution in [0.1, 0.15) is 61.7 Å². The number of guanidine groups is 1. The fourth-order valence-electron chi connectivity index (χ4n) is 5.31. The molecule has 2 fully saturated rings. The van der Waals surface area contributed by atoms with E-state index in [0.29, 0.717) is 36.7 Å². The summed E-state index contributed by atoms with van der Waals surface area (Å²) in [4.78, 5) is 49.5. The molecule has 5 N–H and O–H groups in total. The Morgan fingerprint density at radius 1 is 1.24 bits per heavy atom. The summed E-state index contributed by atoms with van der Waals surface area (Å²) >= 11 is 1.31.